The summed E-state index contributed by atoms with van der Waals surface area (Å²) in [4.78, 5) is 14.6. The maximum Gasteiger partial charge on any atom is 0.161 e. The van der Waals surface area contributed by atoms with Crippen molar-refractivity contribution in [2.24, 2.45) is 0 Å². The average molecular weight is 200 g/mol. The normalized spacial score (nSPS) is 10.0. The van der Waals surface area contributed by atoms with Gasteiger partial charge in [-0.3, -0.25) is 4.98 Å². The Morgan fingerprint density at radius 2 is 1.73 bits per heavy atom. The van der Waals surface area contributed by atoms with Crippen LogP contribution in [-0.2, 0) is 0 Å². The van der Waals surface area contributed by atoms with Crippen LogP contribution < -0.4 is 4.90 Å². The largest absolute Gasteiger partial charge is 0.363 e. The predicted octanol–water partition coefficient (Wildman–Crippen LogP) is 1.60. The van der Waals surface area contributed by atoms with E-state index in [0.29, 0.717) is 0 Å². The molecule has 2 aromatic heterocycles. The number of anilines is 1. The summed E-state index contributed by atoms with van der Waals surface area (Å²) in [5.41, 5.74) is 0.980. The molecule has 15 heavy (non-hydrogen) atoms. The molecule has 2 heterocycles. The second kappa shape index (κ2) is 4.04. The fourth-order valence-electron chi connectivity index (χ4n) is 1.24. The summed E-state index contributed by atoms with van der Waals surface area (Å²) in [6.45, 7) is 0. The minimum atomic E-state index is 0.726. The first kappa shape index (κ1) is 9.58. The minimum Gasteiger partial charge on any atom is -0.363 e. The molecule has 4 nitrogen and oxygen atoms in total. The van der Waals surface area contributed by atoms with E-state index < -0.39 is 0 Å². The van der Waals surface area contributed by atoms with Crippen LogP contribution in [0.2, 0.25) is 0 Å². The number of aromatic nitrogens is 3. The number of hydrogen-bond acceptors (Lipinski definition) is 4. The van der Waals surface area contributed by atoms with E-state index in [9.17, 15) is 0 Å². The molecule has 0 bridgehead atoms. The maximum atomic E-state index is 4.43. The molecule has 0 atom stereocenters. The highest BCUT2D eigenvalue weighted by Crippen LogP contribution is 2.15. The van der Waals surface area contributed by atoms with Crippen molar-refractivity contribution < 1.29 is 0 Å². The van der Waals surface area contributed by atoms with E-state index in [4.69, 9.17) is 0 Å². The van der Waals surface area contributed by atoms with Gasteiger partial charge in [0.1, 0.15) is 5.82 Å². The number of hydrogen-bond donors (Lipinski definition) is 0. The SMILES string of the molecule is CN(C)c1ccnc(-c2ccncc2)n1. The fourth-order valence-corrected chi connectivity index (χ4v) is 1.24. The molecule has 0 N–H and O–H groups in total. The first-order valence-electron chi connectivity index (χ1n) is 4.68. The van der Waals surface area contributed by atoms with Crippen LogP contribution in [0.3, 0.4) is 0 Å². The second-order valence-electron chi connectivity index (χ2n) is 3.37. The highest BCUT2D eigenvalue weighted by Gasteiger charge is 2.02. The molecule has 0 radical (unpaired) electrons. The van der Waals surface area contributed by atoms with E-state index in [1.807, 2.05) is 37.2 Å². The van der Waals surface area contributed by atoms with Gasteiger partial charge in [0, 0.05) is 38.2 Å². The van der Waals surface area contributed by atoms with Crippen LogP contribution in [0.5, 0.6) is 0 Å². The highest BCUT2D eigenvalue weighted by molar-refractivity contribution is 5.55. The summed E-state index contributed by atoms with van der Waals surface area (Å²) in [6.07, 6.45) is 5.24. The fraction of sp³-hybridized carbons (Fsp3) is 0.182. The molecule has 0 saturated carbocycles. The van der Waals surface area contributed by atoms with Gasteiger partial charge in [-0.15, -0.1) is 0 Å². The molecule has 0 amide bonds. The van der Waals surface area contributed by atoms with Gasteiger partial charge in [-0.25, -0.2) is 9.97 Å². The minimum absolute atomic E-state index is 0.726. The second-order valence-corrected chi connectivity index (χ2v) is 3.37. The quantitative estimate of drug-likeness (QED) is 0.738. The van der Waals surface area contributed by atoms with Crippen molar-refractivity contribution in [3.8, 4) is 11.4 Å². The molecule has 2 rings (SSSR count). The van der Waals surface area contributed by atoms with Crippen LogP contribution in [0.15, 0.2) is 36.8 Å². The summed E-state index contributed by atoms with van der Waals surface area (Å²) < 4.78 is 0. The van der Waals surface area contributed by atoms with Gasteiger partial charge in [0.05, 0.1) is 0 Å². The molecule has 0 aliphatic carbocycles. The lowest BCUT2D eigenvalue weighted by Gasteiger charge is -2.11. The Bertz CT molecular complexity index is 439. The Labute approximate surface area is 88.6 Å². The Morgan fingerprint density at radius 3 is 2.40 bits per heavy atom. The summed E-state index contributed by atoms with van der Waals surface area (Å²) >= 11 is 0. The zero-order valence-electron chi connectivity index (χ0n) is 8.75. The Morgan fingerprint density at radius 1 is 1.00 bits per heavy atom. The van der Waals surface area contributed by atoms with Crippen LogP contribution in [-0.4, -0.2) is 29.0 Å². The van der Waals surface area contributed by atoms with Crippen molar-refractivity contribution in [3.63, 3.8) is 0 Å². The van der Waals surface area contributed by atoms with Crippen LogP contribution in [0, 0.1) is 0 Å². The van der Waals surface area contributed by atoms with E-state index in [0.717, 1.165) is 17.2 Å². The van der Waals surface area contributed by atoms with E-state index >= 15 is 0 Å². The first-order chi connectivity index (χ1) is 7.27. The zero-order chi connectivity index (χ0) is 10.7. The smallest absolute Gasteiger partial charge is 0.161 e. The van der Waals surface area contributed by atoms with Crippen LogP contribution in [0.4, 0.5) is 5.82 Å². The lowest BCUT2D eigenvalue weighted by Crippen LogP contribution is -2.11. The summed E-state index contributed by atoms with van der Waals surface area (Å²) in [5, 5.41) is 0. The van der Waals surface area contributed by atoms with Gasteiger partial charge >= 0.3 is 0 Å². The van der Waals surface area contributed by atoms with Gasteiger partial charge < -0.3 is 4.90 Å². The van der Waals surface area contributed by atoms with Crippen molar-refractivity contribution in [1.82, 2.24) is 15.0 Å². The van der Waals surface area contributed by atoms with E-state index in [1.165, 1.54) is 0 Å². The number of pyridine rings is 1. The van der Waals surface area contributed by atoms with E-state index in [2.05, 4.69) is 15.0 Å². The van der Waals surface area contributed by atoms with Gasteiger partial charge in [0.25, 0.3) is 0 Å². The molecule has 0 aliphatic heterocycles. The highest BCUT2D eigenvalue weighted by atomic mass is 15.1. The lowest BCUT2D eigenvalue weighted by atomic mass is 10.2. The lowest BCUT2D eigenvalue weighted by molar-refractivity contribution is 1.04. The third-order valence-electron chi connectivity index (χ3n) is 2.04. The van der Waals surface area contributed by atoms with Crippen molar-refractivity contribution >= 4 is 5.82 Å². The van der Waals surface area contributed by atoms with Gasteiger partial charge in [0.2, 0.25) is 0 Å². The number of nitrogens with zero attached hydrogens (tertiary/aromatic N) is 4. The maximum absolute atomic E-state index is 4.43. The van der Waals surface area contributed by atoms with Crippen LogP contribution in [0.25, 0.3) is 11.4 Å². The number of rotatable bonds is 2. The standard InChI is InChI=1S/C11H12N4/c1-15(2)10-5-8-13-11(14-10)9-3-6-12-7-4-9/h3-8H,1-2H3. The van der Waals surface area contributed by atoms with Gasteiger partial charge in [-0.1, -0.05) is 0 Å². The first-order valence-corrected chi connectivity index (χ1v) is 4.68. The van der Waals surface area contributed by atoms with Gasteiger partial charge in [-0.05, 0) is 18.2 Å². The van der Waals surface area contributed by atoms with Crippen molar-refractivity contribution in [2.75, 3.05) is 19.0 Å². The molecule has 76 valence electrons. The molecular formula is C11H12N4. The molecule has 0 aliphatic rings. The molecular weight excluding hydrogens is 188 g/mol. The van der Waals surface area contributed by atoms with Crippen LogP contribution >= 0.6 is 0 Å². The van der Waals surface area contributed by atoms with Crippen molar-refractivity contribution in [3.05, 3.63) is 36.8 Å². The zero-order valence-corrected chi connectivity index (χ0v) is 8.75. The van der Waals surface area contributed by atoms with Crippen molar-refractivity contribution in [2.45, 2.75) is 0 Å². The molecule has 0 spiro atoms. The summed E-state index contributed by atoms with van der Waals surface area (Å²) in [7, 11) is 3.91. The topological polar surface area (TPSA) is 41.9 Å². The molecule has 0 fully saturated rings. The Balaban J connectivity index is 2.42. The van der Waals surface area contributed by atoms with Crippen molar-refractivity contribution in [1.29, 1.82) is 0 Å². The van der Waals surface area contributed by atoms with E-state index in [-0.39, 0.29) is 0 Å². The summed E-state index contributed by atoms with van der Waals surface area (Å²) in [5.74, 6) is 1.63. The Hall–Kier alpha value is -1.97. The molecule has 2 aromatic rings. The molecule has 0 aromatic carbocycles. The predicted molar refractivity (Wildman–Crippen MR) is 59.6 cm³/mol. The molecule has 0 unspecified atom stereocenters. The van der Waals surface area contributed by atoms with Gasteiger partial charge in [0.15, 0.2) is 5.82 Å². The molecule has 0 saturated heterocycles. The summed E-state index contributed by atoms with van der Waals surface area (Å²) in [6, 6.07) is 5.67. The van der Waals surface area contributed by atoms with Crippen LogP contribution in [0.1, 0.15) is 0 Å². The van der Waals surface area contributed by atoms with E-state index in [1.54, 1.807) is 18.6 Å². The third-order valence-corrected chi connectivity index (χ3v) is 2.04. The third kappa shape index (κ3) is 2.10. The average Bonchev–Trinajstić information content (AvgIpc) is 2.30. The Kier molecular flexibility index (Phi) is 2.58. The monoisotopic (exact) mass is 200 g/mol. The van der Waals surface area contributed by atoms with Gasteiger partial charge in [-0.2, -0.15) is 0 Å². The molecule has 4 heteroatoms.